The highest BCUT2D eigenvalue weighted by molar-refractivity contribution is 9.10. The van der Waals surface area contributed by atoms with Crippen LogP contribution >= 0.6 is 15.9 Å². The van der Waals surface area contributed by atoms with E-state index >= 15 is 0 Å². The summed E-state index contributed by atoms with van der Waals surface area (Å²) in [5.74, 6) is -0.227. The molecular weight excluding hydrogens is 288 g/mol. The third-order valence-corrected chi connectivity index (χ3v) is 2.44. The van der Waals surface area contributed by atoms with E-state index in [4.69, 9.17) is 9.47 Å². The largest absolute Gasteiger partial charge is 0.465 e. The molecule has 0 saturated heterocycles. The summed E-state index contributed by atoms with van der Waals surface area (Å²) in [4.78, 5) is 22.2. The highest BCUT2D eigenvalue weighted by atomic mass is 79.9. The predicted octanol–water partition coefficient (Wildman–Crippen LogP) is 2.54. The van der Waals surface area contributed by atoms with E-state index in [1.54, 1.807) is 0 Å². The fourth-order valence-corrected chi connectivity index (χ4v) is 1.28. The maximum Gasteiger partial charge on any atom is 0.320 e. The third kappa shape index (κ3) is 9.15. The molecule has 1 atom stereocenters. The van der Waals surface area contributed by atoms with Gasteiger partial charge in [-0.3, -0.25) is 9.59 Å². The van der Waals surface area contributed by atoms with E-state index in [9.17, 15) is 9.59 Å². The quantitative estimate of drug-likeness (QED) is 0.536. The summed E-state index contributed by atoms with van der Waals surface area (Å²) in [5, 5.41) is 0. The van der Waals surface area contributed by atoms with Crippen molar-refractivity contribution in [2.45, 2.75) is 38.9 Å². The topological polar surface area (TPSA) is 52.6 Å². The zero-order valence-corrected chi connectivity index (χ0v) is 12.5. The molecule has 0 unspecified atom stereocenters. The maximum absolute atomic E-state index is 11.4. The summed E-state index contributed by atoms with van der Waals surface area (Å²) in [7, 11) is 0. The van der Waals surface area contributed by atoms with E-state index in [1.165, 1.54) is 0 Å². The van der Waals surface area contributed by atoms with Crippen LogP contribution in [0, 0.1) is 11.8 Å². The van der Waals surface area contributed by atoms with Crippen molar-refractivity contribution in [3.8, 4) is 0 Å². The Morgan fingerprint density at radius 3 is 1.94 bits per heavy atom. The molecule has 0 aromatic carbocycles. The highest BCUT2D eigenvalue weighted by Crippen LogP contribution is 2.10. The van der Waals surface area contributed by atoms with Gasteiger partial charge in [-0.1, -0.05) is 43.6 Å². The molecule has 0 aliphatic rings. The van der Waals surface area contributed by atoms with Gasteiger partial charge in [0, 0.05) is 0 Å². The molecule has 0 spiro atoms. The number of alkyl halides is 1. The minimum Gasteiger partial charge on any atom is -0.465 e. The fourth-order valence-electron chi connectivity index (χ4n) is 0.887. The molecule has 0 radical (unpaired) electrons. The standard InChI is InChI=1S/C12H21BrO4/c1-8(2)6-16-11(14)5-10(13)12(15)17-7-9(3)4/h8-10H,5-7H2,1-4H3/t10-/m0/s1. The van der Waals surface area contributed by atoms with Crippen molar-refractivity contribution in [2.24, 2.45) is 11.8 Å². The molecule has 0 aromatic heterocycles. The van der Waals surface area contributed by atoms with E-state index in [1.807, 2.05) is 27.7 Å². The molecule has 17 heavy (non-hydrogen) atoms. The van der Waals surface area contributed by atoms with Crippen LogP contribution in [0.5, 0.6) is 0 Å². The Bertz CT molecular complexity index is 251. The van der Waals surface area contributed by atoms with E-state index in [0.717, 1.165) is 0 Å². The van der Waals surface area contributed by atoms with Gasteiger partial charge in [0.15, 0.2) is 0 Å². The summed E-state index contributed by atoms with van der Waals surface area (Å²) in [6, 6.07) is 0. The number of halogens is 1. The molecule has 0 amide bonds. The van der Waals surface area contributed by atoms with Gasteiger partial charge >= 0.3 is 11.9 Å². The Labute approximate surface area is 111 Å². The Balaban J connectivity index is 3.86. The van der Waals surface area contributed by atoms with Gasteiger partial charge in [-0.05, 0) is 11.8 Å². The van der Waals surface area contributed by atoms with Crippen molar-refractivity contribution in [2.75, 3.05) is 13.2 Å². The van der Waals surface area contributed by atoms with Crippen molar-refractivity contribution < 1.29 is 19.1 Å². The summed E-state index contributed by atoms with van der Waals surface area (Å²) >= 11 is 3.13. The number of hydrogen-bond acceptors (Lipinski definition) is 4. The number of hydrogen-bond donors (Lipinski definition) is 0. The number of ether oxygens (including phenoxy) is 2. The lowest BCUT2D eigenvalue weighted by Gasteiger charge is -2.12. The van der Waals surface area contributed by atoms with Crippen molar-refractivity contribution in [1.82, 2.24) is 0 Å². The van der Waals surface area contributed by atoms with Crippen LogP contribution in [0.3, 0.4) is 0 Å². The normalized spacial score (nSPS) is 12.6. The van der Waals surface area contributed by atoms with Crippen molar-refractivity contribution in [3.63, 3.8) is 0 Å². The summed E-state index contributed by atoms with van der Waals surface area (Å²) in [6.07, 6.45) is 0.00362. The Morgan fingerprint density at radius 1 is 1.00 bits per heavy atom. The SMILES string of the molecule is CC(C)COC(=O)C[C@H](Br)C(=O)OCC(C)C. The van der Waals surface area contributed by atoms with E-state index < -0.39 is 10.8 Å². The van der Waals surface area contributed by atoms with Gasteiger partial charge in [0.05, 0.1) is 19.6 Å². The first-order chi connectivity index (χ1) is 7.82. The van der Waals surface area contributed by atoms with Gasteiger partial charge in [-0.15, -0.1) is 0 Å². The molecule has 0 N–H and O–H groups in total. The molecule has 0 heterocycles. The summed E-state index contributed by atoms with van der Waals surface area (Å²) in [6.45, 7) is 8.55. The summed E-state index contributed by atoms with van der Waals surface area (Å²) < 4.78 is 9.97. The monoisotopic (exact) mass is 308 g/mol. The van der Waals surface area contributed by atoms with Gasteiger partial charge in [0.2, 0.25) is 0 Å². The average Bonchev–Trinajstić information content (AvgIpc) is 2.22. The van der Waals surface area contributed by atoms with Crippen molar-refractivity contribution >= 4 is 27.9 Å². The van der Waals surface area contributed by atoms with Crippen molar-refractivity contribution in [1.29, 1.82) is 0 Å². The Morgan fingerprint density at radius 2 is 1.47 bits per heavy atom. The first-order valence-electron chi connectivity index (χ1n) is 5.79. The average molecular weight is 309 g/mol. The van der Waals surface area contributed by atoms with Gasteiger partial charge in [0.1, 0.15) is 4.83 Å². The molecular formula is C12H21BrO4. The predicted molar refractivity (Wildman–Crippen MR) is 68.9 cm³/mol. The minimum absolute atomic E-state index is 0.00362. The van der Waals surface area contributed by atoms with Crippen LogP contribution in [-0.2, 0) is 19.1 Å². The van der Waals surface area contributed by atoms with Gasteiger partial charge in [-0.25, -0.2) is 0 Å². The van der Waals surface area contributed by atoms with Crippen LogP contribution in [-0.4, -0.2) is 30.0 Å². The lowest BCUT2D eigenvalue weighted by molar-refractivity contribution is -0.150. The van der Waals surface area contributed by atoms with E-state index in [-0.39, 0.29) is 18.3 Å². The molecule has 0 fully saturated rings. The minimum atomic E-state index is -0.624. The van der Waals surface area contributed by atoms with Crippen LogP contribution < -0.4 is 0 Å². The number of carbonyl (C=O) groups is 2. The van der Waals surface area contributed by atoms with Crippen LogP contribution in [0.4, 0.5) is 0 Å². The summed E-state index contributed by atoms with van der Waals surface area (Å²) in [5.41, 5.74) is 0. The number of rotatable bonds is 7. The second kappa shape index (κ2) is 8.50. The molecule has 0 bridgehead atoms. The number of esters is 2. The molecule has 5 heteroatoms. The molecule has 0 aromatic rings. The molecule has 4 nitrogen and oxygen atoms in total. The lowest BCUT2D eigenvalue weighted by Crippen LogP contribution is -2.24. The molecule has 0 aliphatic carbocycles. The maximum atomic E-state index is 11.4. The van der Waals surface area contributed by atoms with Gasteiger partial charge in [-0.2, -0.15) is 0 Å². The van der Waals surface area contributed by atoms with Crippen LogP contribution in [0.15, 0.2) is 0 Å². The second-order valence-electron chi connectivity index (χ2n) is 4.77. The third-order valence-electron chi connectivity index (χ3n) is 1.74. The number of carbonyl (C=O) groups excluding carboxylic acids is 2. The smallest absolute Gasteiger partial charge is 0.320 e. The van der Waals surface area contributed by atoms with Crippen LogP contribution in [0.25, 0.3) is 0 Å². The van der Waals surface area contributed by atoms with Gasteiger partial charge < -0.3 is 9.47 Å². The zero-order chi connectivity index (χ0) is 13.4. The van der Waals surface area contributed by atoms with Crippen molar-refractivity contribution in [3.05, 3.63) is 0 Å². The zero-order valence-electron chi connectivity index (χ0n) is 10.9. The molecule has 0 rings (SSSR count). The Kier molecular flexibility index (Phi) is 8.21. The van der Waals surface area contributed by atoms with Gasteiger partial charge in [0.25, 0.3) is 0 Å². The Hall–Kier alpha value is -0.580. The second-order valence-corrected chi connectivity index (χ2v) is 5.88. The van der Waals surface area contributed by atoms with E-state index in [2.05, 4.69) is 15.9 Å². The van der Waals surface area contributed by atoms with E-state index in [0.29, 0.717) is 19.1 Å². The lowest BCUT2D eigenvalue weighted by atomic mass is 10.2. The molecule has 0 aliphatic heterocycles. The van der Waals surface area contributed by atoms with Crippen LogP contribution in [0.1, 0.15) is 34.1 Å². The highest BCUT2D eigenvalue weighted by Gasteiger charge is 2.21. The molecule has 0 saturated carbocycles. The molecule has 100 valence electrons. The fraction of sp³-hybridized carbons (Fsp3) is 0.833. The van der Waals surface area contributed by atoms with Crippen LogP contribution in [0.2, 0.25) is 0 Å². The first-order valence-corrected chi connectivity index (χ1v) is 6.70. The first kappa shape index (κ1) is 16.4.